The fourth-order valence-electron chi connectivity index (χ4n) is 3.46. The first kappa shape index (κ1) is 13.6. The van der Waals surface area contributed by atoms with Gasteiger partial charge in [-0.25, -0.2) is 0 Å². The molecule has 0 bridgehead atoms. The first-order chi connectivity index (χ1) is 9.60. The van der Waals surface area contributed by atoms with Crippen LogP contribution >= 0.6 is 0 Å². The first-order valence-electron chi connectivity index (χ1n) is 7.72. The maximum absolute atomic E-state index is 13.0. The molecule has 0 unspecified atom stereocenters. The largest absolute Gasteiger partial charge is 0.317 e. The highest BCUT2D eigenvalue weighted by Crippen LogP contribution is 2.36. The molecule has 0 saturated carbocycles. The Labute approximate surface area is 121 Å². The Morgan fingerprint density at radius 2 is 2.05 bits per heavy atom. The van der Waals surface area contributed by atoms with Crippen molar-refractivity contribution < 1.29 is 4.79 Å². The number of aryl methyl sites for hydroxylation is 2. The van der Waals surface area contributed by atoms with E-state index in [1.807, 2.05) is 4.90 Å². The number of nitrogens with one attached hydrogen (secondary N) is 1. The lowest BCUT2D eigenvalue weighted by atomic mass is 9.79. The van der Waals surface area contributed by atoms with Crippen molar-refractivity contribution in [1.82, 2.24) is 5.32 Å². The summed E-state index contributed by atoms with van der Waals surface area (Å²) in [6.07, 6.45) is 4.07. The molecule has 0 spiro atoms. The molecule has 2 aliphatic heterocycles. The molecule has 1 amide bonds. The molecule has 2 aliphatic rings. The second-order valence-electron chi connectivity index (χ2n) is 6.50. The number of amides is 1. The van der Waals surface area contributed by atoms with Crippen molar-refractivity contribution >= 4 is 11.6 Å². The monoisotopic (exact) mass is 272 g/mol. The van der Waals surface area contributed by atoms with Crippen LogP contribution in [0.15, 0.2) is 18.2 Å². The summed E-state index contributed by atoms with van der Waals surface area (Å²) in [5, 5.41) is 3.35. The maximum Gasteiger partial charge on any atom is 0.233 e. The van der Waals surface area contributed by atoms with Gasteiger partial charge in [0.1, 0.15) is 0 Å². The Kier molecular flexibility index (Phi) is 3.55. The van der Waals surface area contributed by atoms with Crippen LogP contribution in [0.3, 0.4) is 0 Å². The van der Waals surface area contributed by atoms with Gasteiger partial charge in [0, 0.05) is 17.6 Å². The lowest BCUT2D eigenvalue weighted by Crippen LogP contribution is -2.49. The minimum atomic E-state index is -0.190. The number of carbonyl (C=O) groups is 1. The second kappa shape index (κ2) is 5.21. The highest BCUT2D eigenvalue weighted by Gasteiger charge is 2.39. The normalized spacial score (nSPS) is 21.4. The molecule has 108 valence electrons. The van der Waals surface area contributed by atoms with Crippen LogP contribution < -0.4 is 10.2 Å². The molecule has 3 heteroatoms. The number of piperidine rings is 1. The van der Waals surface area contributed by atoms with Crippen LogP contribution in [0, 0.1) is 12.3 Å². The fourth-order valence-corrected chi connectivity index (χ4v) is 3.46. The molecule has 1 saturated heterocycles. The topological polar surface area (TPSA) is 32.3 Å². The molecule has 0 atom stereocenters. The van der Waals surface area contributed by atoms with Gasteiger partial charge >= 0.3 is 0 Å². The van der Waals surface area contributed by atoms with Crippen molar-refractivity contribution in [3.63, 3.8) is 0 Å². The van der Waals surface area contributed by atoms with Gasteiger partial charge in [-0.2, -0.15) is 0 Å². The third-order valence-corrected chi connectivity index (χ3v) is 4.82. The summed E-state index contributed by atoms with van der Waals surface area (Å²) in [5.74, 6) is 0.323. The number of fused-ring (bicyclic) bond motifs is 1. The molecule has 1 aromatic rings. The lowest BCUT2D eigenvalue weighted by molar-refractivity contribution is -0.128. The van der Waals surface area contributed by atoms with E-state index in [9.17, 15) is 4.79 Å². The van der Waals surface area contributed by atoms with E-state index >= 15 is 0 Å². The predicted molar refractivity (Wildman–Crippen MR) is 82.1 cm³/mol. The van der Waals surface area contributed by atoms with E-state index in [1.165, 1.54) is 11.1 Å². The molecular weight excluding hydrogens is 248 g/mol. The average molecular weight is 272 g/mol. The number of hydrogen-bond acceptors (Lipinski definition) is 2. The molecule has 0 aromatic heterocycles. The van der Waals surface area contributed by atoms with Crippen molar-refractivity contribution in [1.29, 1.82) is 0 Å². The molecule has 1 N–H and O–H groups in total. The Bertz CT molecular complexity index is 518. The van der Waals surface area contributed by atoms with Gasteiger partial charge in [-0.05, 0) is 57.3 Å². The molecule has 2 heterocycles. The van der Waals surface area contributed by atoms with Gasteiger partial charge in [0.15, 0.2) is 0 Å². The van der Waals surface area contributed by atoms with Gasteiger partial charge in [-0.3, -0.25) is 4.79 Å². The Morgan fingerprint density at radius 3 is 2.80 bits per heavy atom. The minimum Gasteiger partial charge on any atom is -0.317 e. The van der Waals surface area contributed by atoms with Gasteiger partial charge in [-0.15, -0.1) is 0 Å². The highest BCUT2D eigenvalue weighted by molar-refractivity contribution is 5.98. The van der Waals surface area contributed by atoms with E-state index in [0.717, 1.165) is 51.0 Å². The number of hydrogen-bond donors (Lipinski definition) is 1. The van der Waals surface area contributed by atoms with Gasteiger partial charge in [0.05, 0.1) is 0 Å². The summed E-state index contributed by atoms with van der Waals surface area (Å²) in [6.45, 7) is 7.04. The zero-order valence-corrected chi connectivity index (χ0v) is 12.5. The third kappa shape index (κ3) is 2.35. The summed E-state index contributed by atoms with van der Waals surface area (Å²) >= 11 is 0. The summed E-state index contributed by atoms with van der Waals surface area (Å²) in [5.41, 5.74) is 3.57. The number of rotatable bonds is 1. The van der Waals surface area contributed by atoms with E-state index in [4.69, 9.17) is 0 Å². The zero-order chi connectivity index (χ0) is 14.2. The Balaban J connectivity index is 1.90. The molecule has 0 aliphatic carbocycles. The zero-order valence-electron chi connectivity index (χ0n) is 12.5. The molecule has 3 rings (SSSR count). The van der Waals surface area contributed by atoms with Crippen LogP contribution in [0.5, 0.6) is 0 Å². The van der Waals surface area contributed by atoms with Crippen molar-refractivity contribution in [3.05, 3.63) is 29.3 Å². The summed E-state index contributed by atoms with van der Waals surface area (Å²) in [6, 6.07) is 6.49. The second-order valence-corrected chi connectivity index (χ2v) is 6.50. The fraction of sp³-hybridized carbons (Fsp3) is 0.588. The van der Waals surface area contributed by atoms with E-state index in [2.05, 4.69) is 37.4 Å². The van der Waals surface area contributed by atoms with E-state index in [1.54, 1.807) is 0 Å². The maximum atomic E-state index is 13.0. The van der Waals surface area contributed by atoms with E-state index in [-0.39, 0.29) is 5.41 Å². The first-order valence-corrected chi connectivity index (χ1v) is 7.72. The van der Waals surface area contributed by atoms with Crippen LogP contribution in [0.25, 0.3) is 0 Å². The van der Waals surface area contributed by atoms with Gasteiger partial charge < -0.3 is 10.2 Å². The lowest BCUT2D eigenvalue weighted by Gasteiger charge is -2.39. The molecule has 20 heavy (non-hydrogen) atoms. The average Bonchev–Trinajstić information content (AvgIpc) is 2.46. The molecular formula is C17H24N2O. The van der Waals surface area contributed by atoms with Gasteiger partial charge in [0.2, 0.25) is 5.91 Å². The summed E-state index contributed by atoms with van der Waals surface area (Å²) < 4.78 is 0. The Morgan fingerprint density at radius 1 is 1.30 bits per heavy atom. The Hall–Kier alpha value is -1.35. The van der Waals surface area contributed by atoms with E-state index < -0.39 is 0 Å². The van der Waals surface area contributed by atoms with Crippen molar-refractivity contribution in [3.8, 4) is 0 Å². The van der Waals surface area contributed by atoms with Crippen molar-refractivity contribution in [2.75, 3.05) is 24.5 Å². The molecule has 1 fully saturated rings. The molecule has 0 radical (unpaired) electrons. The summed E-state index contributed by atoms with van der Waals surface area (Å²) in [4.78, 5) is 15.1. The van der Waals surface area contributed by atoms with Crippen LogP contribution in [0.1, 0.15) is 37.3 Å². The quantitative estimate of drug-likeness (QED) is 0.852. The molecule has 3 nitrogen and oxygen atoms in total. The number of anilines is 1. The number of carbonyl (C=O) groups excluding carboxylic acids is 1. The van der Waals surface area contributed by atoms with Gasteiger partial charge in [-0.1, -0.05) is 24.6 Å². The van der Waals surface area contributed by atoms with E-state index in [0.29, 0.717) is 5.91 Å². The third-order valence-electron chi connectivity index (χ3n) is 4.82. The predicted octanol–water partition coefficient (Wildman–Crippen LogP) is 2.66. The smallest absolute Gasteiger partial charge is 0.233 e. The summed E-state index contributed by atoms with van der Waals surface area (Å²) in [7, 11) is 0. The van der Waals surface area contributed by atoms with Crippen LogP contribution in [0.2, 0.25) is 0 Å². The number of benzene rings is 1. The van der Waals surface area contributed by atoms with Crippen LogP contribution in [-0.2, 0) is 11.2 Å². The van der Waals surface area contributed by atoms with Crippen LogP contribution in [0.4, 0.5) is 5.69 Å². The standard InChI is InChI=1S/C17H24N2O/c1-13-5-6-15-14(12-13)4-3-11-19(15)16(20)17(2)7-9-18-10-8-17/h5-6,12,18H,3-4,7-11H2,1-2H3. The van der Waals surface area contributed by atoms with Crippen molar-refractivity contribution in [2.24, 2.45) is 5.41 Å². The van der Waals surface area contributed by atoms with Crippen molar-refractivity contribution in [2.45, 2.75) is 39.5 Å². The highest BCUT2D eigenvalue weighted by atomic mass is 16.2. The van der Waals surface area contributed by atoms with Gasteiger partial charge in [0.25, 0.3) is 0 Å². The molecule has 1 aromatic carbocycles. The SMILES string of the molecule is Cc1ccc2c(c1)CCCN2C(=O)C1(C)CCNCC1. The number of nitrogens with zero attached hydrogens (tertiary/aromatic N) is 1. The minimum absolute atomic E-state index is 0.190. The van der Waals surface area contributed by atoms with Crippen LogP contribution in [-0.4, -0.2) is 25.5 Å².